The highest BCUT2D eigenvalue weighted by atomic mass is 19.1. The van der Waals surface area contributed by atoms with E-state index in [9.17, 15) is 4.39 Å². The average Bonchev–Trinajstić information content (AvgIpc) is 2.34. The topological polar surface area (TPSA) is 38.0 Å². The Balaban J connectivity index is 2.19. The van der Waals surface area contributed by atoms with Gasteiger partial charge in [-0.3, -0.25) is 0 Å². The summed E-state index contributed by atoms with van der Waals surface area (Å²) in [6, 6.07) is 13.9. The largest absolute Gasteiger partial charge is 0.397 e. The van der Waals surface area contributed by atoms with Crippen molar-refractivity contribution in [3.8, 4) is 0 Å². The highest BCUT2D eigenvalue weighted by molar-refractivity contribution is 5.80. The summed E-state index contributed by atoms with van der Waals surface area (Å²) in [6.45, 7) is 3.92. The summed E-state index contributed by atoms with van der Waals surface area (Å²) in [5, 5.41) is 3.07. The van der Waals surface area contributed by atoms with Crippen LogP contribution in [0.2, 0.25) is 0 Å². The zero-order chi connectivity index (χ0) is 12.3. The maximum atomic E-state index is 12.9. The average molecular weight is 228 g/mol. The van der Waals surface area contributed by atoms with Crippen molar-refractivity contribution < 1.29 is 4.39 Å². The normalized spacial score (nSPS) is 9.94. The van der Waals surface area contributed by atoms with Crippen molar-refractivity contribution in [2.24, 2.45) is 0 Å². The third-order valence-electron chi connectivity index (χ3n) is 2.42. The zero-order valence-electron chi connectivity index (χ0n) is 9.28. The summed E-state index contributed by atoms with van der Waals surface area (Å²) >= 11 is 0. The molecule has 0 aliphatic rings. The molecule has 2 nitrogen and oxygen atoms in total. The molecule has 0 aromatic heterocycles. The molecule has 0 spiro atoms. The van der Waals surface area contributed by atoms with Gasteiger partial charge in [0.15, 0.2) is 0 Å². The molecular weight excluding hydrogens is 215 g/mol. The minimum Gasteiger partial charge on any atom is -0.397 e. The predicted molar refractivity (Wildman–Crippen MR) is 69.9 cm³/mol. The summed E-state index contributed by atoms with van der Waals surface area (Å²) in [7, 11) is 0. The number of halogens is 1. The van der Waals surface area contributed by atoms with E-state index in [0.29, 0.717) is 11.4 Å². The van der Waals surface area contributed by atoms with Crippen LogP contribution < -0.4 is 11.1 Å². The Bertz CT molecular complexity index is 535. The van der Waals surface area contributed by atoms with E-state index in [4.69, 9.17) is 5.73 Å². The van der Waals surface area contributed by atoms with E-state index in [1.165, 1.54) is 12.1 Å². The molecule has 86 valence electrons. The molecule has 0 atom stereocenters. The fraction of sp³-hybridized carbons (Fsp3) is 0. The van der Waals surface area contributed by atoms with Crippen molar-refractivity contribution in [1.29, 1.82) is 0 Å². The van der Waals surface area contributed by atoms with Gasteiger partial charge in [-0.1, -0.05) is 36.9 Å². The van der Waals surface area contributed by atoms with Crippen LogP contribution >= 0.6 is 0 Å². The van der Waals surface area contributed by atoms with Gasteiger partial charge in [-0.25, -0.2) is 4.39 Å². The molecule has 2 aromatic carbocycles. The van der Waals surface area contributed by atoms with E-state index in [-0.39, 0.29) is 5.82 Å². The monoisotopic (exact) mass is 228 g/mol. The lowest BCUT2D eigenvalue weighted by Gasteiger charge is -2.11. The standard InChI is InChI=1S/C14H13FN2/c1-10(11-5-3-2-4-6-11)17-14-8-7-12(15)9-13(14)16/h2-9,17H,1,16H2. The van der Waals surface area contributed by atoms with Crippen LogP contribution in [0.4, 0.5) is 15.8 Å². The second-order valence-corrected chi connectivity index (χ2v) is 3.70. The second kappa shape index (κ2) is 4.70. The SMILES string of the molecule is C=C(Nc1ccc(F)cc1N)c1ccccc1. The molecule has 0 unspecified atom stereocenters. The van der Waals surface area contributed by atoms with Crippen molar-refractivity contribution in [2.45, 2.75) is 0 Å². The van der Waals surface area contributed by atoms with Crippen molar-refractivity contribution in [3.05, 3.63) is 66.5 Å². The quantitative estimate of drug-likeness (QED) is 0.789. The summed E-state index contributed by atoms with van der Waals surface area (Å²) in [6.07, 6.45) is 0. The Morgan fingerprint density at radius 1 is 1.12 bits per heavy atom. The van der Waals surface area contributed by atoms with Crippen molar-refractivity contribution >= 4 is 17.1 Å². The summed E-state index contributed by atoms with van der Waals surface area (Å²) in [4.78, 5) is 0. The van der Waals surface area contributed by atoms with Gasteiger partial charge in [0.1, 0.15) is 5.82 Å². The van der Waals surface area contributed by atoms with E-state index in [1.807, 2.05) is 30.3 Å². The highest BCUT2D eigenvalue weighted by Gasteiger charge is 2.03. The lowest BCUT2D eigenvalue weighted by atomic mass is 10.1. The number of hydrogen-bond donors (Lipinski definition) is 2. The first-order valence-electron chi connectivity index (χ1n) is 5.23. The van der Waals surface area contributed by atoms with E-state index >= 15 is 0 Å². The first-order chi connectivity index (χ1) is 8.16. The molecule has 0 saturated heterocycles. The summed E-state index contributed by atoms with van der Waals surface area (Å²) < 4.78 is 12.9. The Labute approximate surface area is 99.6 Å². The maximum Gasteiger partial charge on any atom is 0.125 e. The molecule has 0 heterocycles. The molecule has 3 heteroatoms. The fourth-order valence-corrected chi connectivity index (χ4v) is 1.52. The van der Waals surface area contributed by atoms with Gasteiger partial charge in [0.05, 0.1) is 11.4 Å². The number of benzene rings is 2. The van der Waals surface area contributed by atoms with Crippen LogP contribution in [0.5, 0.6) is 0 Å². The Morgan fingerprint density at radius 2 is 1.82 bits per heavy atom. The molecule has 0 saturated carbocycles. The van der Waals surface area contributed by atoms with Crippen LogP contribution in [0.15, 0.2) is 55.1 Å². The molecule has 2 aromatic rings. The summed E-state index contributed by atoms with van der Waals surface area (Å²) in [5.41, 5.74) is 8.41. The van der Waals surface area contributed by atoms with Crippen molar-refractivity contribution in [2.75, 3.05) is 11.1 Å². The number of hydrogen-bond acceptors (Lipinski definition) is 2. The zero-order valence-corrected chi connectivity index (χ0v) is 9.28. The number of rotatable bonds is 3. The first-order valence-corrected chi connectivity index (χ1v) is 5.23. The molecular formula is C14H13FN2. The lowest BCUT2D eigenvalue weighted by molar-refractivity contribution is 0.628. The number of anilines is 2. The smallest absolute Gasteiger partial charge is 0.125 e. The maximum absolute atomic E-state index is 12.9. The molecule has 0 aliphatic heterocycles. The van der Waals surface area contributed by atoms with Crippen LogP contribution in [0.1, 0.15) is 5.56 Å². The van der Waals surface area contributed by atoms with Gasteiger partial charge >= 0.3 is 0 Å². The number of nitrogens with one attached hydrogen (secondary N) is 1. The molecule has 3 N–H and O–H groups in total. The minimum absolute atomic E-state index is 0.349. The van der Waals surface area contributed by atoms with Crippen LogP contribution in [-0.2, 0) is 0 Å². The second-order valence-electron chi connectivity index (χ2n) is 3.70. The van der Waals surface area contributed by atoms with Crippen molar-refractivity contribution in [1.82, 2.24) is 0 Å². The van der Waals surface area contributed by atoms with Crippen LogP contribution in [0.25, 0.3) is 5.70 Å². The van der Waals surface area contributed by atoms with Gasteiger partial charge in [-0.2, -0.15) is 0 Å². The predicted octanol–water partition coefficient (Wildman–Crippen LogP) is 3.49. The van der Waals surface area contributed by atoms with E-state index in [2.05, 4.69) is 11.9 Å². The fourth-order valence-electron chi connectivity index (χ4n) is 1.52. The van der Waals surface area contributed by atoms with Gasteiger partial charge in [0, 0.05) is 5.70 Å². The van der Waals surface area contributed by atoms with E-state index in [0.717, 1.165) is 11.3 Å². The minimum atomic E-state index is -0.349. The van der Waals surface area contributed by atoms with E-state index in [1.54, 1.807) is 6.07 Å². The third-order valence-corrected chi connectivity index (χ3v) is 2.42. The molecule has 0 fully saturated rings. The van der Waals surface area contributed by atoms with Crippen LogP contribution in [0.3, 0.4) is 0 Å². The van der Waals surface area contributed by atoms with Gasteiger partial charge in [-0.15, -0.1) is 0 Å². The first kappa shape index (κ1) is 11.2. The van der Waals surface area contributed by atoms with E-state index < -0.39 is 0 Å². The molecule has 0 radical (unpaired) electrons. The lowest BCUT2D eigenvalue weighted by Crippen LogP contribution is -2.01. The Kier molecular flexibility index (Phi) is 3.10. The number of nitrogens with two attached hydrogens (primary N) is 1. The van der Waals surface area contributed by atoms with Crippen molar-refractivity contribution in [3.63, 3.8) is 0 Å². The Hall–Kier alpha value is -2.29. The van der Waals surface area contributed by atoms with Gasteiger partial charge in [-0.05, 0) is 23.8 Å². The third kappa shape index (κ3) is 2.64. The Morgan fingerprint density at radius 3 is 2.47 bits per heavy atom. The van der Waals surface area contributed by atoms with Crippen LogP contribution in [0, 0.1) is 5.82 Å². The number of nitrogen functional groups attached to an aromatic ring is 1. The van der Waals surface area contributed by atoms with Crippen LogP contribution in [-0.4, -0.2) is 0 Å². The van der Waals surface area contributed by atoms with Gasteiger partial charge < -0.3 is 11.1 Å². The summed E-state index contributed by atoms with van der Waals surface area (Å²) in [5.74, 6) is -0.349. The molecule has 17 heavy (non-hydrogen) atoms. The molecule has 0 amide bonds. The molecule has 0 bridgehead atoms. The molecule has 2 rings (SSSR count). The van der Waals surface area contributed by atoms with Gasteiger partial charge in [0.25, 0.3) is 0 Å². The highest BCUT2D eigenvalue weighted by Crippen LogP contribution is 2.23. The molecule has 0 aliphatic carbocycles. The van der Waals surface area contributed by atoms with Gasteiger partial charge in [0.2, 0.25) is 0 Å².